The van der Waals surface area contributed by atoms with Crippen molar-refractivity contribution in [2.24, 2.45) is 4.99 Å². The molecule has 2 aromatic carbocycles. The van der Waals surface area contributed by atoms with Crippen LogP contribution in [0.3, 0.4) is 0 Å². The van der Waals surface area contributed by atoms with Crippen molar-refractivity contribution in [3.05, 3.63) is 65.2 Å². The lowest BCUT2D eigenvalue weighted by Crippen LogP contribution is -2.37. The minimum atomic E-state index is -0.300. The molecule has 0 unspecified atom stereocenters. The molecule has 0 aliphatic carbocycles. The minimum Gasteiger partial charge on any atom is -0.496 e. The highest BCUT2D eigenvalue weighted by molar-refractivity contribution is 14.0. The summed E-state index contributed by atoms with van der Waals surface area (Å²) in [4.78, 5) is 15.9. The first-order valence-corrected chi connectivity index (χ1v) is 9.00. The first-order chi connectivity index (χ1) is 13.2. The van der Waals surface area contributed by atoms with Crippen LogP contribution in [-0.2, 0) is 17.7 Å². The Morgan fingerprint density at radius 1 is 1.07 bits per heavy atom. The Hall–Kier alpha value is -2.29. The molecule has 7 heteroatoms. The van der Waals surface area contributed by atoms with Gasteiger partial charge in [-0.05, 0) is 42.7 Å². The van der Waals surface area contributed by atoms with Crippen LogP contribution in [0.25, 0.3) is 0 Å². The van der Waals surface area contributed by atoms with Crippen molar-refractivity contribution in [1.29, 1.82) is 0 Å². The molecular weight excluding hydrogens is 469 g/mol. The molecule has 0 saturated heterocycles. The van der Waals surface area contributed by atoms with Crippen molar-refractivity contribution in [2.45, 2.75) is 19.9 Å². The van der Waals surface area contributed by atoms with E-state index in [1.165, 1.54) is 0 Å². The van der Waals surface area contributed by atoms with Crippen LogP contribution in [0, 0.1) is 0 Å². The fourth-order valence-electron chi connectivity index (χ4n) is 2.60. The molecule has 0 aromatic heterocycles. The number of carbonyl (C=O) groups excluding carboxylic acids is 1. The lowest BCUT2D eigenvalue weighted by atomic mass is 10.1. The van der Waals surface area contributed by atoms with Crippen LogP contribution in [-0.4, -0.2) is 39.2 Å². The monoisotopic (exact) mass is 497 g/mol. The van der Waals surface area contributed by atoms with Gasteiger partial charge in [0.15, 0.2) is 5.96 Å². The third-order valence-corrected chi connectivity index (χ3v) is 4.03. The molecule has 2 rings (SSSR count). The lowest BCUT2D eigenvalue weighted by molar-refractivity contribution is 0.0526. The number of nitrogens with one attached hydrogen (secondary N) is 2. The molecule has 2 aromatic rings. The summed E-state index contributed by atoms with van der Waals surface area (Å²) >= 11 is 0. The molecule has 0 radical (unpaired) electrons. The Kier molecular flexibility index (Phi) is 11.0. The van der Waals surface area contributed by atoms with E-state index >= 15 is 0 Å². The number of para-hydroxylation sites is 1. The molecule has 0 heterocycles. The van der Waals surface area contributed by atoms with Gasteiger partial charge in [-0.15, -0.1) is 24.0 Å². The maximum Gasteiger partial charge on any atom is 0.338 e. The number of ether oxygens (including phenoxy) is 2. The summed E-state index contributed by atoms with van der Waals surface area (Å²) in [7, 11) is 3.42. The number of halogens is 1. The molecule has 0 fully saturated rings. The van der Waals surface area contributed by atoms with E-state index in [1.54, 1.807) is 33.2 Å². The number of hydrogen-bond donors (Lipinski definition) is 2. The summed E-state index contributed by atoms with van der Waals surface area (Å²) in [5.74, 6) is 1.31. The molecule has 152 valence electrons. The van der Waals surface area contributed by atoms with E-state index in [0.29, 0.717) is 18.7 Å². The summed E-state index contributed by atoms with van der Waals surface area (Å²) in [6.45, 7) is 3.51. The second-order valence-electron chi connectivity index (χ2n) is 5.83. The van der Waals surface area contributed by atoms with Crippen LogP contribution in [0.1, 0.15) is 28.4 Å². The number of aliphatic imine (C=N–C) groups is 1. The number of benzene rings is 2. The number of nitrogens with zero attached hydrogens (tertiary/aromatic N) is 1. The van der Waals surface area contributed by atoms with Crippen LogP contribution in [0.4, 0.5) is 0 Å². The van der Waals surface area contributed by atoms with Crippen LogP contribution in [0.2, 0.25) is 0 Å². The van der Waals surface area contributed by atoms with Crippen molar-refractivity contribution >= 4 is 35.9 Å². The van der Waals surface area contributed by atoms with Gasteiger partial charge >= 0.3 is 5.97 Å². The molecule has 28 heavy (non-hydrogen) atoms. The Bertz CT molecular complexity index is 764. The van der Waals surface area contributed by atoms with Crippen molar-refractivity contribution in [3.63, 3.8) is 0 Å². The molecule has 0 amide bonds. The Morgan fingerprint density at radius 2 is 1.79 bits per heavy atom. The van der Waals surface area contributed by atoms with E-state index in [9.17, 15) is 4.79 Å². The van der Waals surface area contributed by atoms with Gasteiger partial charge in [-0.3, -0.25) is 4.99 Å². The topological polar surface area (TPSA) is 72.0 Å². The first-order valence-electron chi connectivity index (χ1n) is 9.00. The quantitative estimate of drug-likeness (QED) is 0.253. The van der Waals surface area contributed by atoms with E-state index in [2.05, 4.69) is 21.7 Å². The van der Waals surface area contributed by atoms with Crippen molar-refractivity contribution in [1.82, 2.24) is 10.6 Å². The zero-order valence-electron chi connectivity index (χ0n) is 16.5. The van der Waals surface area contributed by atoms with Crippen molar-refractivity contribution < 1.29 is 14.3 Å². The van der Waals surface area contributed by atoms with Gasteiger partial charge in [-0.25, -0.2) is 4.79 Å². The SMILES string of the molecule is CCOC(=O)c1ccc(CNC(=NC)NCCc2ccccc2OC)cc1.I. The molecule has 0 spiro atoms. The molecule has 0 saturated carbocycles. The van der Waals surface area contributed by atoms with E-state index in [1.807, 2.05) is 30.3 Å². The maximum atomic E-state index is 11.7. The van der Waals surface area contributed by atoms with E-state index < -0.39 is 0 Å². The van der Waals surface area contributed by atoms with Gasteiger partial charge in [0.1, 0.15) is 5.75 Å². The third-order valence-electron chi connectivity index (χ3n) is 4.03. The highest BCUT2D eigenvalue weighted by Crippen LogP contribution is 2.17. The molecule has 0 aliphatic heterocycles. The summed E-state index contributed by atoms with van der Waals surface area (Å²) < 4.78 is 10.4. The van der Waals surface area contributed by atoms with Crippen LogP contribution in [0.15, 0.2) is 53.5 Å². The normalized spacial score (nSPS) is 10.6. The predicted octanol–water partition coefficient (Wildman–Crippen LogP) is 3.40. The van der Waals surface area contributed by atoms with Gasteiger partial charge in [0, 0.05) is 20.1 Å². The summed E-state index contributed by atoms with van der Waals surface area (Å²) in [6.07, 6.45) is 0.832. The smallest absolute Gasteiger partial charge is 0.338 e. The lowest BCUT2D eigenvalue weighted by Gasteiger charge is -2.13. The Labute approximate surface area is 183 Å². The third kappa shape index (κ3) is 7.38. The van der Waals surface area contributed by atoms with Gasteiger partial charge in [-0.2, -0.15) is 0 Å². The maximum absolute atomic E-state index is 11.7. The number of hydrogen-bond acceptors (Lipinski definition) is 4. The number of esters is 1. The van der Waals surface area contributed by atoms with E-state index in [-0.39, 0.29) is 29.9 Å². The minimum absolute atomic E-state index is 0. The zero-order valence-corrected chi connectivity index (χ0v) is 18.9. The predicted molar refractivity (Wildman–Crippen MR) is 123 cm³/mol. The average molecular weight is 497 g/mol. The number of rotatable bonds is 8. The summed E-state index contributed by atoms with van der Waals surface area (Å²) in [6, 6.07) is 15.3. The second kappa shape index (κ2) is 13.0. The summed E-state index contributed by atoms with van der Waals surface area (Å²) in [5.41, 5.74) is 2.76. The van der Waals surface area contributed by atoms with Crippen molar-refractivity contribution in [3.8, 4) is 5.75 Å². The Balaban J connectivity index is 0.00000392. The van der Waals surface area contributed by atoms with Gasteiger partial charge in [0.25, 0.3) is 0 Å². The molecule has 2 N–H and O–H groups in total. The van der Waals surface area contributed by atoms with Gasteiger partial charge in [-0.1, -0.05) is 30.3 Å². The van der Waals surface area contributed by atoms with Gasteiger partial charge in [0.2, 0.25) is 0 Å². The number of guanidine groups is 1. The highest BCUT2D eigenvalue weighted by atomic mass is 127. The molecule has 0 bridgehead atoms. The van der Waals surface area contributed by atoms with Crippen LogP contribution < -0.4 is 15.4 Å². The standard InChI is InChI=1S/C21H27N3O3.HI/c1-4-27-20(25)18-11-9-16(10-12-18)15-24-21(22-2)23-14-13-17-7-5-6-8-19(17)26-3;/h5-12H,4,13-15H2,1-3H3,(H2,22,23,24);1H. The summed E-state index contributed by atoms with van der Waals surface area (Å²) in [5, 5.41) is 6.56. The van der Waals surface area contributed by atoms with Crippen LogP contribution in [0.5, 0.6) is 5.75 Å². The fourth-order valence-corrected chi connectivity index (χ4v) is 2.60. The highest BCUT2D eigenvalue weighted by Gasteiger charge is 2.06. The molecule has 6 nitrogen and oxygen atoms in total. The van der Waals surface area contributed by atoms with Crippen molar-refractivity contribution in [2.75, 3.05) is 27.3 Å². The van der Waals surface area contributed by atoms with Gasteiger partial charge in [0.05, 0.1) is 19.3 Å². The largest absolute Gasteiger partial charge is 0.496 e. The molecule has 0 aliphatic rings. The fraction of sp³-hybridized carbons (Fsp3) is 0.333. The average Bonchev–Trinajstić information content (AvgIpc) is 2.71. The van der Waals surface area contributed by atoms with Gasteiger partial charge < -0.3 is 20.1 Å². The molecule has 0 atom stereocenters. The first kappa shape index (κ1) is 23.7. The number of carbonyl (C=O) groups is 1. The zero-order chi connectivity index (χ0) is 19.5. The Morgan fingerprint density at radius 3 is 2.43 bits per heavy atom. The van der Waals surface area contributed by atoms with E-state index in [4.69, 9.17) is 9.47 Å². The number of methoxy groups -OCH3 is 1. The molecular formula is C21H28IN3O3. The van der Waals surface area contributed by atoms with E-state index in [0.717, 1.165) is 35.8 Å². The van der Waals surface area contributed by atoms with Crippen LogP contribution >= 0.6 is 24.0 Å². The second-order valence-corrected chi connectivity index (χ2v) is 5.83.